The molecule has 4 aromatic rings. The molecule has 0 radical (unpaired) electrons. The predicted octanol–water partition coefficient (Wildman–Crippen LogP) is 3.88. The van der Waals surface area contributed by atoms with Crippen molar-refractivity contribution in [2.24, 2.45) is 5.73 Å². The Labute approximate surface area is 188 Å². The van der Waals surface area contributed by atoms with E-state index in [4.69, 9.17) is 22.1 Å². The van der Waals surface area contributed by atoms with Gasteiger partial charge >= 0.3 is 0 Å². The number of nitrogens with one attached hydrogen (secondary N) is 2. The minimum Gasteiger partial charge on any atom is -0.496 e. The van der Waals surface area contributed by atoms with E-state index in [2.05, 4.69) is 25.3 Å². The van der Waals surface area contributed by atoms with E-state index in [0.717, 1.165) is 11.1 Å². The molecule has 2 aromatic carbocycles. The molecule has 0 saturated heterocycles. The number of amides is 1. The fourth-order valence-corrected chi connectivity index (χ4v) is 3.85. The fraction of sp³-hybridized carbons (Fsp3) is 0.182. The SMILES string of the molecule is COc1c(CCNc2ncnc3nc[nH]c23)cc(Cl)c(C)c1-c1ccc(F)c(C(N)=O)c1. The molecule has 0 aliphatic heterocycles. The van der Waals surface area contributed by atoms with Crippen molar-refractivity contribution in [2.45, 2.75) is 13.3 Å². The normalized spacial score (nSPS) is 11.0. The zero-order valence-corrected chi connectivity index (χ0v) is 18.1. The van der Waals surface area contributed by atoms with Gasteiger partial charge in [0.15, 0.2) is 11.5 Å². The zero-order chi connectivity index (χ0) is 22.8. The molecule has 4 rings (SSSR count). The second kappa shape index (κ2) is 8.80. The number of hydrogen-bond donors (Lipinski definition) is 3. The summed E-state index contributed by atoms with van der Waals surface area (Å²) in [6.45, 7) is 2.36. The van der Waals surface area contributed by atoms with Gasteiger partial charge in [0.25, 0.3) is 5.91 Å². The first kappa shape index (κ1) is 21.5. The highest BCUT2D eigenvalue weighted by molar-refractivity contribution is 6.32. The van der Waals surface area contributed by atoms with Crippen LogP contribution in [0.15, 0.2) is 36.9 Å². The quantitative estimate of drug-likeness (QED) is 0.390. The number of halogens is 2. The molecule has 32 heavy (non-hydrogen) atoms. The molecular formula is C22H20ClFN6O2. The number of aromatic nitrogens is 4. The number of carbonyl (C=O) groups excluding carboxylic acids is 1. The van der Waals surface area contributed by atoms with Gasteiger partial charge in [-0.05, 0) is 48.2 Å². The Kier molecular flexibility index (Phi) is 5.91. The van der Waals surface area contributed by atoms with Gasteiger partial charge in [0.1, 0.15) is 23.4 Å². The number of methoxy groups -OCH3 is 1. The predicted molar refractivity (Wildman–Crippen MR) is 121 cm³/mol. The van der Waals surface area contributed by atoms with Crippen LogP contribution in [0.4, 0.5) is 10.2 Å². The average Bonchev–Trinajstić information content (AvgIpc) is 3.26. The largest absolute Gasteiger partial charge is 0.496 e. The van der Waals surface area contributed by atoms with Gasteiger partial charge in [-0.25, -0.2) is 19.3 Å². The lowest BCUT2D eigenvalue weighted by atomic mass is 9.93. The van der Waals surface area contributed by atoms with E-state index in [1.165, 1.54) is 18.5 Å². The molecule has 2 heterocycles. The molecule has 0 bridgehead atoms. The zero-order valence-electron chi connectivity index (χ0n) is 17.4. The maximum absolute atomic E-state index is 14.0. The molecule has 0 spiro atoms. The maximum atomic E-state index is 14.0. The van der Waals surface area contributed by atoms with Crippen molar-refractivity contribution in [3.8, 4) is 16.9 Å². The standard InChI is InChI=1S/C22H20ClFN6O2/c1-11-15(23)8-13(5-6-26-21-18-22(28-9-27-18)30-10-29-21)19(32-2)17(11)12-3-4-16(24)14(7-12)20(25)31/h3-4,7-10H,5-6H2,1-2H3,(H2,25,31)(H2,26,27,28,29,30). The summed E-state index contributed by atoms with van der Waals surface area (Å²) < 4.78 is 19.7. The Morgan fingerprint density at radius 3 is 2.84 bits per heavy atom. The van der Waals surface area contributed by atoms with Crippen LogP contribution >= 0.6 is 11.6 Å². The number of carbonyl (C=O) groups is 1. The third-order valence-corrected chi connectivity index (χ3v) is 5.58. The van der Waals surface area contributed by atoms with E-state index in [0.29, 0.717) is 51.8 Å². The molecule has 8 nitrogen and oxygen atoms in total. The summed E-state index contributed by atoms with van der Waals surface area (Å²) in [4.78, 5) is 27.1. The number of nitrogens with two attached hydrogens (primary N) is 1. The molecule has 2 aromatic heterocycles. The second-order valence-corrected chi connectivity index (χ2v) is 7.52. The number of primary amides is 1. The molecule has 164 valence electrons. The molecule has 1 amide bonds. The summed E-state index contributed by atoms with van der Waals surface area (Å²) in [6.07, 6.45) is 3.56. The van der Waals surface area contributed by atoms with Gasteiger partial charge in [-0.3, -0.25) is 4.79 Å². The van der Waals surface area contributed by atoms with Crippen molar-refractivity contribution in [1.82, 2.24) is 19.9 Å². The van der Waals surface area contributed by atoms with Crippen LogP contribution < -0.4 is 15.8 Å². The van der Waals surface area contributed by atoms with Crippen LogP contribution in [0.25, 0.3) is 22.3 Å². The summed E-state index contributed by atoms with van der Waals surface area (Å²) >= 11 is 6.52. The number of imidazole rings is 1. The highest BCUT2D eigenvalue weighted by Crippen LogP contribution is 2.40. The first-order chi connectivity index (χ1) is 15.4. The summed E-state index contributed by atoms with van der Waals surface area (Å²) in [5, 5.41) is 3.79. The van der Waals surface area contributed by atoms with Crippen LogP contribution in [0, 0.1) is 12.7 Å². The molecule has 0 fully saturated rings. The highest BCUT2D eigenvalue weighted by Gasteiger charge is 2.19. The van der Waals surface area contributed by atoms with Crippen LogP contribution in [0.1, 0.15) is 21.5 Å². The Hall–Kier alpha value is -3.72. The highest BCUT2D eigenvalue weighted by atomic mass is 35.5. The number of rotatable bonds is 7. The van der Waals surface area contributed by atoms with Gasteiger partial charge in [-0.2, -0.15) is 0 Å². The van der Waals surface area contributed by atoms with Crippen molar-refractivity contribution in [2.75, 3.05) is 19.0 Å². The number of nitrogens with zero attached hydrogens (tertiary/aromatic N) is 3. The minimum absolute atomic E-state index is 0.195. The number of H-pyrrole nitrogens is 1. The second-order valence-electron chi connectivity index (χ2n) is 7.11. The first-order valence-electron chi connectivity index (χ1n) is 9.74. The van der Waals surface area contributed by atoms with Crippen molar-refractivity contribution in [3.05, 3.63) is 64.5 Å². The number of anilines is 1. The van der Waals surface area contributed by atoms with Crippen LogP contribution in [0.5, 0.6) is 5.75 Å². The molecule has 0 aliphatic rings. The topological polar surface area (TPSA) is 119 Å². The van der Waals surface area contributed by atoms with Crippen LogP contribution in [0.2, 0.25) is 5.02 Å². The summed E-state index contributed by atoms with van der Waals surface area (Å²) in [5.41, 5.74) is 9.26. The number of benzene rings is 2. The van der Waals surface area contributed by atoms with Gasteiger partial charge in [0.05, 0.1) is 19.0 Å². The summed E-state index contributed by atoms with van der Waals surface area (Å²) in [6, 6.07) is 6.03. The average molecular weight is 455 g/mol. The number of aromatic amines is 1. The van der Waals surface area contributed by atoms with Gasteiger partial charge < -0.3 is 20.8 Å². The van der Waals surface area contributed by atoms with E-state index < -0.39 is 11.7 Å². The van der Waals surface area contributed by atoms with Crippen molar-refractivity contribution in [1.29, 1.82) is 0 Å². The van der Waals surface area contributed by atoms with Crippen LogP contribution in [-0.2, 0) is 6.42 Å². The number of fused-ring (bicyclic) bond motifs is 1. The van der Waals surface area contributed by atoms with Gasteiger partial charge in [-0.1, -0.05) is 17.7 Å². The van der Waals surface area contributed by atoms with Crippen molar-refractivity contribution < 1.29 is 13.9 Å². The Bertz CT molecular complexity index is 1320. The Morgan fingerprint density at radius 1 is 1.28 bits per heavy atom. The first-order valence-corrected chi connectivity index (χ1v) is 10.1. The van der Waals surface area contributed by atoms with E-state index in [1.807, 2.05) is 13.0 Å². The van der Waals surface area contributed by atoms with Crippen LogP contribution in [-0.4, -0.2) is 39.5 Å². The van der Waals surface area contributed by atoms with E-state index >= 15 is 0 Å². The minimum atomic E-state index is -0.845. The number of hydrogen-bond acceptors (Lipinski definition) is 6. The molecule has 0 atom stereocenters. The lowest BCUT2D eigenvalue weighted by Crippen LogP contribution is -2.13. The third-order valence-electron chi connectivity index (χ3n) is 5.19. The molecule has 0 aliphatic carbocycles. The monoisotopic (exact) mass is 454 g/mol. The van der Waals surface area contributed by atoms with E-state index in [1.54, 1.807) is 19.5 Å². The van der Waals surface area contributed by atoms with Gasteiger partial charge in [0, 0.05) is 17.1 Å². The molecule has 0 saturated carbocycles. The van der Waals surface area contributed by atoms with Crippen LogP contribution in [0.3, 0.4) is 0 Å². The number of ether oxygens (including phenoxy) is 1. The summed E-state index contributed by atoms with van der Waals surface area (Å²) in [5.74, 6) is -0.304. The van der Waals surface area contributed by atoms with Crippen molar-refractivity contribution in [3.63, 3.8) is 0 Å². The Morgan fingerprint density at radius 2 is 2.09 bits per heavy atom. The lowest BCUT2D eigenvalue weighted by Gasteiger charge is -2.19. The maximum Gasteiger partial charge on any atom is 0.251 e. The smallest absolute Gasteiger partial charge is 0.251 e. The van der Waals surface area contributed by atoms with Gasteiger partial charge in [0.2, 0.25) is 0 Å². The summed E-state index contributed by atoms with van der Waals surface area (Å²) in [7, 11) is 1.56. The van der Waals surface area contributed by atoms with E-state index in [9.17, 15) is 9.18 Å². The molecule has 10 heteroatoms. The van der Waals surface area contributed by atoms with Crippen molar-refractivity contribution >= 4 is 34.5 Å². The molecular weight excluding hydrogens is 435 g/mol. The molecule has 0 unspecified atom stereocenters. The van der Waals surface area contributed by atoms with E-state index in [-0.39, 0.29) is 5.56 Å². The molecule has 4 N–H and O–H groups in total. The Balaban J connectivity index is 1.68. The van der Waals surface area contributed by atoms with Gasteiger partial charge in [-0.15, -0.1) is 0 Å². The third kappa shape index (κ3) is 3.94. The fourth-order valence-electron chi connectivity index (χ4n) is 3.63. The lowest BCUT2D eigenvalue weighted by molar-refractivity contribution is 0.0996.